The van der Waals surface area contributed by atoms with Gasteiger partial charge in [-0.15, -0.1) is 0 Å². The first-order valence-corrected chi connectivity index (χ1v) is 9.23. The van der Waals surface area contributed by atoms with Crippen molar-refractivity contribution in [1.82, 2.24) is 4.31 Å². The predicted molar refractivity (Wildman–Crippen MR) is 85.7 cm³/mol. The van der Waals surface area contributed by atoms with Gasteiger partial charge in [0.15, 0.2) is 0 Å². The normalized spacial score (nSPS) is 12.0. The summed E-state index contributed by atoms with van der Waals surface area (Å²) < 4.78 is 26.7. The lowest BCUT2D eigenvalue weighted by Gasteiger charge is -2.22. The smallest absolute Gasteiger partial charge is 0.243 e. The molecule has 120 valence electrons. The lowest BCUT2D eigenvalue weighted by Crippen LogP contribution is -2.33. The molecule has 0 fully saturated rings. The molecule has 0 radical (unpaired) electrons. The van der Waals surface area contributed by atoms with Crippen molar-refractivity contribution in [3.8, 4) is 0 Å². The summed E-state index contributed by atoms with van der Waals surface area (Å²) in [7, 11) is -3.44. The molecule has 0 unspecified atom stereocenters. The third kappa shape index (κ3) is 6.16. The van der Waals surface area contributed by atoms with Crippen LogP contribution in [0.3, 0.4) is 0 Å². The highest BCUT2D eigenvalue weighted by Gasteiger charge is 2.23. The van der Waals surface area contributed by atoms with E-state index in [0.29, 0.717) is 24.4 Å². The van der Waals surface area contributed by atoms with Crippen molar-refractivity contribution >= 4 is 10.0 Å². The van der Waals surface area contributed by atoms with E-state index in [-0.39, 0.29) is 6.61 Å². The van der Waals surface area contributed by atoms with Crippen molar-refractivity contribution in [1.29, 1.82) is 0 Å². The fourth-order valence-corrected chi connectivity index (χ4v) is 3.77. The van der Waals surface area contributed by atoms with Crippen molar-refractivity contribution in [2.24, 2.45) is 0 Å². The van der Waals surface area contributed by atoms with Gasteiger partial charge >= 0.3 is 0 Å². The highest BCUT2D eigenvalue weighted by Crippen LogP contribution is 2.17. The number of sulfonamides is 1. The summed E-state index contributed by atoms with van der Waals surface area (Å²) in [4.78, 5) is 0.330. The molecule has 0 saturated heterocycles. The monoisotopic (exact) mass is 313 g/mol. The Morgan fingerprint density at radius 3 is 2.19 bits per heavy atom. The highest BCUT2D eigenvalue weighted by molar-refractivity contribution is 7.89. The molecule has 0 saturated carbocycles. The van der Waals surface area contributed by atoms with Crippen molar-refractivity contribution < 1.29 is 13.5 Å². The number of hydrogen-bond acceptors (Lipinski definition) is 3. The van der Waals surface area contributed by atoms with Crippen molar-refractivity contribution in [3.63, 3.8) is 0 Å². The summed E-state index contributed by atoms with van der Waals surface area (Å²) in [6.45, 7) is 3.08. The number of aliphatic hydroxyl groups excluding tert-OH is 1. The standard InChI is InChI=1S/C16H27NO3S/c1-2-3-4-5-9-13-17(14-10-15-18)21(19,20)16-11-7-6-8-12-16/h6-8,11-12,18H,2-5,9-10,13-15H2,1H3. The van der Waals surface area contributed by atoms with Gasteiger partial charge in [-0.1, -0.05) is 50.8 Å². The summed E-state index contributed by atoms with van der Waals surface area (Å²) in [6, 6.07) is 8.52. The van der Waals surface area contributed by atoms with E-state index >= 15 is 0 Å². The fourth-order valence-electron chi connectivity index (χ4n) is 2.23. The summed E-state index contributed by atoms with van der Waals surface area (Å²) >= 11 is 0. The minimum Gasteiger partial charge on any atom is -0.396 e. The molecule has 0 bridgehead atoms. The molecule has 4 nitrogen and oxygen atoms in total. The Labute approximate surface area is 128 Å². The van der Waals surface area contributed by atoms with Crippen LogP contribution < -0.4 is 0 Å². The minimum atomic E-state index is -3.44. The molecular formula is C16H27NO3S. The lowest BCUT2D eigenvalue weighted by atomic mass is 10.1. The SMILES string of the molecule is CCCCCCCN(CCCO)S(=O)(=O)c1ccccc1. The summed E-state index contributed by atoms with van der Waals surface area (Å²) in [5.74, 6) is 0. The van der Waals surface area contributed by atoms with Crippen LogP contribution >= 0.6 is 0 Å². The Bertz CT molecular complexity index is 474. The first-order valence-electron chi connectivity index (χ1n) is 7.79. The van der Waals surface area contributed by atoms with E-state index in [4.69, 9.17) is 5.11 Å². The summed E-state index contributed by atoms with van der Waals surface area (Å²) in [5, 5.41) is 8.97. The maximum absolute atomic E-state index is 12.6. The van der Waals surface area contributed by atoms with Gasteiger partial charge < -0.3 is 5.11 Å². The van der Waals surface area contributed by atoms with Crippen molar-refractivity contribution in [3.05, 3.63) is 30.3 Å². The number of rotatable bonds is 11. The maximum Gasteiger partial charge on any atom is 0.243 e. The minimum absolute atomic E-state index is 0.0106. The highest BCUT2D eigenvalue weighted by atomic mass is 32.2. The van der Waals surface area contributed by atoms with Gasteiger partial charge in [-0.2, -0.15) is 4.31 Å². The van der Waals surface area contributed by atoms with Crippen molar-refractivity contribution in [2.75, 3.05) is 19.7 Å². The van der Waals surface area contributed by atoms with E-state index in [2.05, 4.69) is 6.92 Å². The number of unbranched alkanes of at least 4 members (excludes halogenated alkanes) is 4. The van der Waals surface area contributed by atoms with Gasteiger partial charge in [0.2, 0.25) is 10.0 Å². The zero-order valence-electron chi connectivity index (χ0n) is 12.9. The molecule has 0 atom stereocenters. The van der Waals surface area contributed by atoms with Crippen LogP contribution in [-0.2, 0) is 10.0 Å². The molecule has 0 aliphatic carbocycles. The molecule has 0 aliphatic heterocycles. The fraction of sp³-hybridized carbons (Fsp3) is 0.625. The van der Waals surface area contributed by atoms with Gasteiger partial charge in [0, 0.05) is 19.7 Å². The average Bonchev–Trinajstić information content (AvgIpc) is 2.50. The number of benzene rings is 1. The molecule has 1 aromatic rings. The van der Waals surface area contributed by atoms with Crippen LogP contribution in [0.1, 0.15) is 45.4 Å². The van der Waals surface area contributed by atoms with Crippen LogP contribution in [0.5, 0.6) is 0 Å². The molecule has 0 aromatic heterocycles. The van der Waals surface area contributed by atoms with Crippen molar-refractivity contribution in [2.45, 2.75) is 50.3 Å². The van der Waals surface area contributed by atoms with Gasteiger partial charge in [-0.3, -0.25) is 0 Å². The average molecular weight is 313 g/mol. The second kappa shape index (κ2) is 9.92. The maximum atomic E-state index is 12.6. The van der Waals surface area contributed by atoms with E-state index in [1.165, 1.54) is 17.1 Å². The molecule has 0 heterocycles. The second-order valence-electron chi connectivity index (χ2n) is 5.21. The molecule has 1 N–H and O–H groups in total. The van der Waals surface area contributed by atoms with Gasteiger partial charge in [-0.25, -0.2) is 8.42 Å². The van der Waals surface area contributed by atoms with E-state index < -0.39 is 10.0 Å². The van der Waals surface area contributed by atoms with Crippen LogP contribution in [0.15, 0.2) is 35.2 Å². The Morgan fingerprint density at radius 1 is 0.952 bits per heavy atom. The Kier molecular flexibility index (Phi) is 8.57. The molecule has 21 heavy (non-hydrogen) atoms. The van der Waals surface area contributed by atoms with E-state index in [1.54, 1.807) is 24.3 Å². The van der Waals surface area contributed by atoms with Crippen LogP contribution in [0.25, 0.3) is 0 Å². The topological polar surface area (TPSA) is 57.6 Å². The Balaban J connectivity index is 2.67. The van der Waals surface area contributed by atoms with E-state index in [0.717, 1.165) is 19.3 Å². The predicted octanol–water partition coefficient (Wildman–Crippen LogP) is 3.03. The molecule has 1 aromatic carbocycles. The summed E-state index contributed by atoms with van der Waals surface area (Å²) in [6.07, 6.45) is 5.92. The summed E-state index contributed by atoms with van der Waals surface area (Å²) in [5.41, 5.74) is 0. The molecular weight excluding hydrogens is 286 g/mol. The zero-order chi connectivity index (χ0) is 15.6. The first-order chi connectivity index (χ1) is 10.1. The second-order valence-corrected chi connectivity index (χ2v) is 7.15. The Hall–Kier alpha value is -0.910. The molecule has 1 rings (SSSR count). The molecule has 0 aliphatic rings. The quantitative estimate of drug-likeness (QED) is 0.639. The lowest BCUT2D eigenvalue weighted by molar-refractivity contribution is 0.268. The van der Waals surface area contributed by atoms with Gasteiger partial charge in [0.1, 0.15) is 0 Å². The largest absolute Gasteiger partial charge is 0.396 e. The zero-order valence-corrected chi connectivity index (χ0v) is 13.7. The van der Waals surface area contributed by atoms with Gasteiger partial charge in [-0.05, 0) is 25.0 Å². The third-order valence-electron chi connectivity index (χ3n) is 3.46. The van der Waals surface area contributed by atoms with E-state index in [9.17, 15) is 8.42 Å². The van der Waals surface area contributed by atoms with E-state index in [1.807, 2.05) is 6.07 Å². The van der Waals surface area contributed by atoms with Crippen LogP contribution in [0.4, 0.5) is 0 Å². The molecule has 5 heteroatoms. The molecule has 0 amide bonds. The van der Waals surface area contributed by atoms with Crippen LogP contribution in [0.2, 0.25) is 0 Å². The number of aliphatic hydroxyl groups is 1. The van der Waals surface area contributed by atoms with Gasteiger partial charge in [0.25, 0.3) is 0 Å². The van der Waals surface area contributed by atoms with Crippen LogP contribution in [-0.4, -0.2) is 37.5 Å². The number of hydrogen-bond donors (Lipinski definition) is 1. The number of nitrogens with zero attached hydrogens (tertiary/aromatic N) is 1. The Morgan fingerprint density at radius 2 is 1.57 bits per heavy atom. The molecule has 0 spiro atoms. The first kappa shape index (κ1) is 18.1. The van der Waals surface area contributed by atoms with Crippen LogP contribution in [0, 0.1) is 0 Å². The van der Waals surface area contributed by atoms with Gasteiger partial charge in [0.05, 0.1) is 4.90 Å². The third-order valence-corrected chi connectivity index (χ3v) is 5.37.